The lowest BCUT2D eigenvalue weighted by atomic mass is 10.1. The van der Waals surface area contributed by atoms with Gasteiger partial charge in [-0.05, 0) is 16.8 Å². The van der Waals surface area contributed by atoms with Gasteiger partial charge in [0, 0.05) is 16.9 Å². The van der Waals surface area contributed by atoms with Crippen LogP contribution >= 0.6 is 12.0 Å². The van der Waals surface area contributed by atoms with Gasteiger partial charge in [-0.3, -0.25) is 4.55 Å². The maximum Gasteiger partial charge on any atom is 0.522 e. The molecule has 0 saturated heterocycles. The van der Waals surface area contributed by atoms with Crippen LogP contribution in [0.5, 0.6) is 0 Å². The van der Waals surface area contributed by atoms with E-state index < -0.39 is 15.6 Å². The first-order chi connectivity index (χ1) is 9.17. The van der Waals surface area contributed by atoms with Crippen molar-refractivity contribution < 1.29 is 30.7 Å². The number of alkyl halides is 3. The van der Waals surface area contributed by atoms with Gasteiger partial charge in [0.2, 0.25) is 0 Å². The number of hydrogen-bond donors (Lipinski definition) is 2. The van der Waals surface area contributed by atoms with Crippen molar-refractivity contribution in [3.8, 4) is 0 Å². The van der Waals surface area contributed by atoms with Crippen molar-refractivity contribution in [2.75, 3.05) is 0 Å². The number of rotatable bonds is 1. The Bertz CT molecular complexity index is 678. The molecule has 0 bridgehead atoms. The largest absolute Gasteiger partial charge is 0.522 e. The maximum absolute atomic E-state index is 10.7. The zero-order chi connectivity index (χ0) is 15.4. The minimum Gasteiger partial charge on any atom is -0.325 e. The molecule has 0 amide bonds. The van der Waals surface area contributed by atoms with E-state index in [9.17, 15) is 13.2 Å². The van der Waals surface area contributed by atoms with Crippen molar-refractivity contribution in [3.05, 3.63) is 42.5 Å². The topological polar surface area (TPSA) is 74.6 Å². The summed E-state index contributed by atoms with van der Waals surface area (Å²) in [6.45, 7) is 0. The summed E-state index contributed by atoms with van der Waals surface area (Å²) in [6.07, 6.45) is 0. The second kappa shape index (κ2) is 6.44. The van der Waals surface area contributed by atoms with Crippen LogP contribution in [-0.2, 0) is 10.1 Å². The van der Waals surface area contributed by atoms with Crippen LogP contribution < -0.4 is 0 Å². The third-order valence-electron chi connectivity index (χ3n) is 2.14. The molecular formula is C11H9F3O4S2. The Morgan fingerprint density at radius 3 is 2.00 bits per heavy atom. The second-order valence-electron chi connectivity index (χ2n) is 3.49. The fraction of sp³-hybridized carbons (Fsp3) is 0.0909. The van der Waals surface area contributed by atoms with Gasteiger partial charge in [0.15, 0.2) is 0 Å². The van der Waals surface area contributed by atoms with E-state index in [4.69, 9.17) is 17.5 Å². The average Bonchev–Trinajstić information content (AvgIpc) is 2.36. The third-order valence-corrected chi connectivity index (χ3v) is 3.28. The molecule has 0 atom stereocenters. The molecule has 2 aromatic carbocycles. The van der Waals surface area contributed by atoms with E-state index in [0.717, 1.165) is 27.7 Å². The monoisotopic (exact) mass is 326 g/mol. The van der Waals surface area contributed by atoms with Gasteiger partial charge in [-0.15, -0.1) is 0 Å². The maximum atomic E-state index is 10.7. The Labute approximate surface area is 117 Å². The molecule has 0 aliphatic carbocycles. The van der Waals surface area contributed by atoms with Crippen LogP contribution in [0.3, 0.4) is 0 Å². The van der Waals surface area contributed by atoms with Gasteiger partial charge in [-0.2, -0.15) is 21.6 Å². The lowest BCUT2D eigenvalue weighted by Crippen LogP contribution is -2.21. The van der Waals surface area contributed by atoms with Gasteiger partial charge in [0.1, 0.15) is 0 Å². The zero-order valence-corrected chi connectivity index (χ0v) is 11.3. The fourth-order valence-electron chi connectivity index (χ4n) is 1.28. The molecule has 0 heterocycles. The Morgan fingerprint density at radius 1 is 1.00 bits per heavy atom. The van der Waals surface area contributed by atoms with Crippen LogP contribution in [0.15, 0.2) is 47.4 Å². The van der Waals surface area contributed by atoms with E-state index in [0.29, 0.717) is 0 Å². The quantitative estimate of drug-likeness (QED) is 0.474. The predicted octanol–water partition coefficient (Wildman–Crippen LogP) is 3.80. The highest BCUT2D eigenvalue weighted by atomic mass is 32.2. The smallest absolute Gasteiger partial charge is 0.325 e. The third kappa shape index (κ3) is 4.37. The summed E-state index contributed by atoms with van der Waals surface area (Å²) in [5.74, 6) is 0. The molecule has 20 heavy (non-hydrogen) atoms. The molecule has 0 aromatic heterocycles. The van der Waals surface area contributed by atoms with Crippen molar-refractivity contribution in [1.29, 1.82) is 0 Å². The minimum absolute atomic E-state index is 0.798. The molecule has 2 N–H and O–H groups in total. The van der Waals surface area contributed by atoms with Gasteiger partial charge in [0.05, 0.1) is 0 Å². The number of hydrogen-bond acceptors (Lipinski definition) is 4. The van der Waals surface area contributed by atoms with E-state index >= 15 is 0 Å². The molecular weight excluding hydrogens is 317 g/mol. The Balaban J connectivity index is 0.000000221. The standard InChI is InChI=1S/C10H8OS.CHF3O3S/c11-12-10-7-3-5-8-4-1-2-6-9(8)10;2-1(3,4)8(5,6)7/h1-7,11H;(H,5,6,7). The molecule has 0 aliphatic rings. The molecule has 110 valence electrons. The van der Waals surface area contributed by atoms with E-state index in [1.165, 1.54) is 0 Å². The molecule has 0 aliphatic heterocycles. The highest BCUT2D eigenvalue weighted by Crippen LogP contribution is 2.25. The Kier molecular flexibility index (Phi) is 5.40. The van der Waals surface area contributed by atoms with Gasteiger partial charge in [-0.25, -0.2) is 0 Å². The van der Waals surface area contributed by atoms with Crippen LogP contribution in [0.25, 0.3) is 10.8 Å². The van der Waals surface area contributed by atoms with Crippen molar-refractivity contribution in [1.82, 2.24) is 0 Å². The van der Waals surface area contributed by atoms with Crippen LogP contribution in [0, 0.1) is 0 Å². The minimum atomic E-state index is -5.84. The van der Waals surface area contributed by atoms with Crippen LogP contribution in [0.1, 0.15) is 0 Å². The predicted molar refractivity (Wildman–Crippen MR) is 70.0 cm³/mol. The molecule has 2 rings (SSSR count). The second-order valence-corrected chi connectivity index (χ2v) is 5.52. The Hall–Kier alpha value is -1.29. The SMILES string of the molecule is O=S(=O)(O)C(F)(F)F.OSc1cccc2ccccc12. The van der Waals surface area contributed by atoms with Crippen molar-refractivity contribution in [3.63, 3.8) is 0 Å². The lowest BCUT2D eigenvalue weighted by Gasteiger charge is -2.00. The van der Waals surface area contributed by atoms with Crippen LogP contribution in [-0.4, -0.2) is 23.0 Å². The fourth-order valence-corrected chi connectivity index (χ4v) is 1.70. The first-order valence-corrected chi connectivity index (χ1v) is 7.21. The van der Waals surface area contributed by atoms with E-state index in [2.05, 4.69) is 0 Å². The molecule has 2 aromatic rings. The summed E-state index contributed by atoms with van der Waals surface area (Å²) in [5.41, 5.74) is -5.53. The molecule has 0 saturated carbocycles. The molecule has 0 unspecified atom stereocenters. The van der Waals surface area contributed by atoms with E-state index in [1.807, 2.05) is 42.5 Å². The normalized spacial score (nSPS) is 11.8. The molecule has 0 spiro atoms. The van der Waals surface area contributed by atoms with E-state index in [-0.39, 0.29) is 0 Å². The first-order valence-electron chi connectivity index (χ1n) is 5.00. The van der Waals surface area contributed by atoms with Crippen molar-refractivity contribution in [2.45, 2.75) is 10.4 Å². The zero-order valence-electron chi connectivity index (χ0n) is 9.70. The molecule has 0 fully saturated rings. The highest BCUT2D eigenvalue weighted by Gasteiger charge is 2.44. The Morgan fingerprint density at radius 2 is 1.50 bits per heavy atom. The molecule has 4 nitrogen and oxygen atoms in total. The number of benzene rings is 2. The van der Waals surface area contributed by atoms with Gasteiger partial charge >= 0.3 is 15.6 Å². The summed E-state index contributed by atoms with van der Waals surface area (Å²) in [6, 6.07) is 13.9. The summed E-state index contributed by atoms with van der Waals surface area (Å²) in [4.78, 5) is 0.910. The highest BCUT2D eigenvalue weighted by molar-refractivity contribution is 7.94. The van der Waals surface area contributed by atoms with E-state index in [1.54, 1.807) is 0 Å². The van der Waals surface area contributed by atoms with Gasteiger partial charge < -0.3 is 4.55 Å². The van der Waals surface area contributed by atoms with Gasteiger partial charge in [-0.1, -0.05) is 36.4 Å². The first kappa shape index (κ1) is 16.8. The molecule has 9 heteroatoms. The van der Waals surface area contributed by atoms with Crippen LogP contribution in [0.4, 0.5) is 13.2 Å². The average molecular weight is 326 g/mol. The number of halogens is 3. The van der Waals surface area contributed by atoms with Gasteiger partial charge in [0.25, 0.3) is 0 Å². The van der Waals surface area contributed by atoms with Crippen LogP contribution in [0.2, 0.25) is 0 Å². The number of fused-ring (bicyclic) bond motifs is 1. The summed E-state index contributed by atoms with van der Waals surface area (Å²) >= 11 is 0.798. The van der Waals surface area contributed by atoms with Crippen molar-refractivity contribution >= 4 is 32.9 Å². The lowest BCUT2D eigenvalue weighted by molar-refractivity contribution is -0.0510. The summed E-state index contributed by atoms with van der Waals surface area (Å²) in [5, 5.41) is 2.27. The van der Waals surface area contributed by atoms with Crippen molar-refractivity contribution in [2.24, 2.45) is 0 Å². The summed E-state index contributed by atoms with van der Waals surface area (Å²) < 4.78 is 66.5. The summed E-state index contributed by atoms with van der Waals surface area (Å²) in [7, 11) is -5.84. The molecule has 0 radical (unpaired) electrons.